The number of nitrogens with zero attached hydrogens (tertiary/aromatic N) is 4. The lowest BCUT2D eigenvalue weighted by molar-refractivity contribution is -0.121. The first-order valence-corrected chi connectivity index (χ1v) is 13.6. The van der Waals surface area contributed by atoms with Crippen molar-refractivity contribution in [3.05, 3.63) is 59.2 Å². The Morgan fingerprint density at radius 3 is 2.66 bits per heavy atom. The number of carbonyl (C=O) groups excluding carboxylic acids is 1. The molecule has 3 aliphatic heterocycles. The van der Waals surface area contributed by atoms with E-state index in [-0.39, 0.29) is 48.7 Å². The van der Waals surface area contributed by atoms with Gasteiger partial charge in [-0.2, -0.15) is 0 Å². The number of fused-ring (bicyclic) bond motifs is 1. The molecule has 5 rings (SSSR count). The van der Waals surface area contributed by atoms with Crippen LogP contribution >= 0.6 is 0 Å². The van der Waals surface area contributed by atoms with Crippen molar-refractivity contribution in [2.75, 3.05) is 50.7 Å². The van der Waals surface area contributed by atoms with E-state index in [1.54, 1.807) is 12.1 Å². The summed E-state index contributed by atoms with van der Waals surface area (Å²) in [5, 5.41) is 3.46. The lowest BCUT2D eigenvalue weighted by atomic mass is 9.91. The summed E-state index contributed by atoms with van der Waals surface area (Å²) >= 11 is 0. The van der Waals surface area contributed by atoms with E-state index in [0.717, 1.165) is 22.5 Å². The van der Waals surface area contributed by atoms with Crippen molar-refractivity contribution in [3.63, 3.8) is 0 Å². The molecule has 0 unspecified atom stereocenters. The van der Waals surface area contributed by atoms with Crippen molar-refractivity contribution in [1.29, 1.82) is 0 Å². The fraction of sp³-hybridized carbons (Fsp3) is 0.586. The van der Waals surface area contributed by atoms with Crippen LogP contribution in [-0.2, 0) is 16.6 Å². The Bertz CT molecular complexity index is 1160. The molecule has 1 aromatic carbocycles. The second kappa shape index (κ2) is 10.6. The largest absolute Gasteiger partial charge is 0.311 e. The molecule has 2 atom stereocenters. The van der Waals surface area contributed by atoms with Gasteiger partial charge in [0, 0.05) is 56.3 Å². The number of pyridine rings is 1. The molecule has 0 radical (unpaired) electrons. The molecule has 1 amide bonds. The predicted octanol–water partition coefficient (Wildman–Crippen LogP) is 3.83. The van der Waals surface area contributed by atoms with Gasteiger partial charge >= 0.3 is 0 Å². The number of halogens is 3. The van der Waals surface area contributed by atoms with Crippen molar-refractivity contribution in [2.45, 2.75) is 63.5 Å². The number of anilines is 1. The third kappa shape index (κ3) is 6.05. The van der Waals surface area contributed by atoms with E-state index in [2.05, 4.69) is 31.0 Å². The van der Waals surface area contributed by atoms with Crippen LogP contribution in [0.1, 0.15) is 50.4 Å². The first-order valence-electron chi connectivity index (χ1n) is 13.6. The Kier molecular flexibility index (Phi) is 7.55. The lowest BCUT2D eigenvalue weighted by Gasteiger charge is -2.43. The average Bonchev–Trinajstić information content (AvgIpc) is 3.12. The van der Waals surface area contributed by atoms with E-state index >= 15 is 0 Å². The van der Waals surface area contributed by atoms with Crippen molar-refractivity contribution in [1.82, 2.24) is 20.1 Å². The van der Waals surface area contributed by atoms with Gasteiger partial charge in [-0.15, -0.1) is 0 Å². The summed E-state index contributed by atoms with van der Waals surface area (Å²) in [7, 11) is 0. The van der Waals surface area contributed by atoms with Gasteiger partial charge in [0.25, 0.3) is 5.92 Å². The highest BCUT2D eigenvalue weighted by molar-refractivity contribution is 5.97. The van der Waals surface area contributed by atoms with E-state index in [0.29, 0.717) is 45.6 Å². The highest BCUT2D eigenvalue weighted by Gasteiger charge is 2.41. The normalized spacial score (nSPS) is 25.4. The molecule has 4 heterocycles. The number of benzene rings is 1. The van der Waals surface area contributed by atoms with E-state index in [1.807, 2.05) is 22.1 Å². The number of piperidine rings is 1. The number of hydrogen-bond acceptors (Lipinski definition) is 5. The molecule has 2 saturated heterocycles. The molecule has 0 aliphatic carbocycles. The minimum absolute atomic E-state index is 0.000584. The molecule has 0 bridgehead atoms. The van der Waals surface area contributed by atoms with Crippen LogP contribution in [0.25, 0.3) is 0 Å². The molecule has 38 heavy (non-hydrogen) atoms. The Labute approximate surface area is 223 Å². The average molecular weight is 530 g/mol. The zero-order valence-corrected chi connectivity index (χ0v) is 22.5. The molecule has 1 N–H and O–H groups in total. The van der Waals surface area contributed by atoms with Crippen LogP contribution in [0.4, 0.5) is 18.9 Å². The van der Waals surface area contributed by atoms with Crippen LogP contribution in [0.3, 0.4) is 0 Å². The Morgan fingerprint density at radius 1 is 1.16 bits per heavy atom. The number of likely N-dealkylation sites (tertiary alicyclic amines) is 1. The molecule has 0 saturated carbocycles. The zero-order valence-electron chi connectivity index (χ0n) is 22.5. The van der Waals surface area contributed by atoms with Gasteiger partial charge in [-0.1, -0.05) is 26.0 Å². The van der Waals surface area contributed by atoms with Crippen LogP contribution < -0.4 is 10.2 Å². The number of aromatic nitrogens is 1. The minimum Gasteiger partial charge on any atom is -0.311 e. The molecule has 1 aromatic heterocycles. The number of carbonyl (C=O) groups is 1. The molecular weight excluding hydrogens is 491 g/mol. The third-order valence-electron chi connectivity index (χ3n) is 8.04. The molecule has 9 heteroatoms. The molecule has 3 aliphatic rings. The summed E-state index contributed by atoms with van der Waals surface area (Å²) < 4.78 is 41.4. The number of amides is 1. The molecular formula is C29H38F3N5O. The van der Waals surface area contributed by atoms with Crippen LogP contribution in [0, 0.1) is 5.82 Å². The highest BCUT2D eigenvalue weighted by atomic mass is 19.3. The molecule has 0 spiro atoms. The summed E-state index contributed by atoms with van der Waals surface area (Å²) in [5.41, 5.74) is 3.38. The molecule has 2 aromatic rings. The SMILES string of the molecule is C[C@@H]1CN(CC(=O)N2CC(C)(C)c3ncc(Cc4ccc(F)cc4)cc32)[C@@H](CN2CCCC(F)(F)C2)CN1. The Hall–Kier alpha value is -2.49. The van der Waals surface area contributed by atoms with Gasteiger partial charge in [-0.05, 0) is 55.6 Å². The number of piperazine rings is 1. The summed E-state index contributed by atoms with van der Waals surface area (Å²) in [5.74, 6) is -2.91. The first kappa shape index (κ1) is 27.1. The van der Waals surface area contributed by atoms with E-state index in [1.165, 1.54) is 12.1 Å². The first-order chi connectivity index (χ1) is 18.0. The van der Waals surface area contributed by atoms with Gasteiger partial charge < -0.3 is 10.2 Å². The predicted molar refractivity (Wildman–Crippen MR) is 142 cm³/mol. The smallest absolute Gasteiger partial charge is 0.260 e. The summed E-state index contributed by atoms with van der Waals surface area (Å²) in [6.45, 7) is 9.39. The van der Waals surface area contributed by atoms with Crippen molar-refractivity contribution >= 4 is 11.6 Å². The van der Waals surface area contributed by atoms with Crippen molar-refractivity contribution in [3.8, 4) is 0 Å². The van der Waals surface area contributed by atoms with Gasteiger partial charge in [-0.3, -0.25) is 19.6 Å². The van der Waals surface area contributed by atoms with Crippen LogP contribution in [0.5, 0.6) is 0 Å². The zero-order chi connectivity index (χ0) is 27.1. The Balaban J connectivity index is 1.32. The summed E-state index contributed by atoms with van der Waals surface area (Å²) in [6.07, 6.45) is 2.89. The fourth-order valence-electron chi connectivity index (χ4n) is 6.10. The van der Waals surface area contributed by atoms with Crippen LogP contribution in [0.2, 0.25) is 0 Å². The van der Waals surface area contributed by atoms with E-state index in [4.69, 9.17) is 4.98 Å². The van der Waals surface area contributed by atoms with Crippen LogP contribution in [-0.4, -0.2) is 84.5 Å². The summed E-state index contributed by atoms with van der Waals surface area (Å²) in [4.78, 5) is 24.4. The highest BCUT2D eigenvalue weighted by Crippen LogP contribution is 2.40. The molecule has 206 valence electrons. The van der Waals surface area contributed by atoms with Gasteiger partial charge in [-0.25, -0.2) is 13.2 Å². The lowest BCUT2D eigenvalue weighted by Crippen LogP contribution is -2.61. The standard InChI is InChI=1S/C29H38F3N5O/c1-20-15-36(24(14-33-20)16-35-10-4-9-29(31,32)19-35)17-26(38)37-18-28(2,3)27-25(37)12-22(13-34-27)11-21-5-7-23(30)8-6-21/h5-8,12-13,20,24,33H,4,9-11,14-19H2,1-3H3/t20-,24-/m1/s1. The minimum atomic E-state index is -2.64. The number of hydrogen-bond donors (Lipinski definition) is 1. The number of nitrogens with one attached hydrogen (secondary N) is 1. The van der Waals surface area contributed by atoms with Gasteiger partial charge in [0.05, 0.1) is 24.5 Å². The van der Waals surface area contributed by atoms with Gasteiger partial charge in [0.2, 0.25) is 5.91 Å². The van der Waals surface area contributed by atoms with Crippen molar-refractivity contribution < 1.29 is 18.0 Å². The van der Waals surface area contributed by atoms with Gasteiger partial charge in [0.1, 0.15) is 5.82 Å². The molecule has 2 fully saturated rings. The number of alkyl halides is 2. The third-order valence-corrected chi connectivity index (χ3v) is 8.04. The maximum Gasteiger partial charge on any atom is 0.260 e. The van der Waals surface area contributed by atoms with E-state index < -0.39 is 5.92 Å². The van der Waals surface area contributed by atoms with Gasteiger partial charge in [0.15, 0.2) is 0 Å². The van der Waals surface area contributed by atoms with Crippen LogP contribution in [0.15, 0.2) is 36.5 Å². The second-order valence-corrected chi connectivity index (χ2v) is 12.0. The van der Waals surface area contributed by atoms with E-state index in [9.17, 15) is 18.0 Å². The maximum atomic E-state index is 14.0. The maximum absolute atomic E-state index is 14.0. The number of rotatable bonds is 6. The van der Waals surface area contributed by atoms with Crippen molar-refractivity contribution in [2.24, 2.45) is 0 Å². The quantitative estimate of drug-likeness (QED) is 0.617. The Morgan fingerprint density at radius 2 is 1.92 bits per heavy atom. The fourth-order valence-corrected chi connectivity index (χ4v) is 6.10. The monoisotopic (exact) mass is 529 g/mol. The molecule has 6 nitrogen and oxygen atoms in total. The second-order valence-electron chi connectivity index (χ2n) is 12.0. The topological polar surface area (TPSA) is 51.7 Å². The summed E-state index contributed by atoms with van der Waals surface area (Å²) in [6, 6.07) is 8.66.